The number of hydrogen-bond donors (Lipinski definition) is 0. The maximum atomic E-state index is 13.3. The topological polar surface area (TPSA) is 32.3 Å². The highest BCUT2D eigenvalue weighted by atomic mass is 19.1. The number of anilines is 1. The lowest BCUT2D eigenvalue weighted by Crippen LogP contribution is -2.25. The summed E-state index contributed by atoms with van der Waals surface area (Å²) >= 11 is 0. The molecule has 5 heteroatoms. The summed E-state index contributed by atoms with van der Waals surface area (Å²) < 4.78 is 13.3. The van der Waals surface area contributed by atoms with Crippen molar-refractivity contribution in [2.24, 2.45) is 0 Å². The van der Waals surface area contributed by atoms with Crippen molar-refractivity contribution in [3.8, 4) is 11.1 Å². The highest BCUT2D eigenvalue weighted by Crippen LogP contribution is 2.37. The second-order valence-corrected chi connectivity index (χ2v) is 7.48. The summed E-state index contributed by atoms with van der Waals surface area (Å²) in [5.41, 5.74) is 4.42. The Hall–Kier alpha value is -2.79. The maximum Gasteiger partial charge on any atom is 0.225 e. The van der Waals surface area contributed by atoms with Gasteiger partial charge in [-0.25, -0.2) is 14.4 Å². The number of rotatable bonds is 5. The Kier molecular flexibility index (Phi) is 5.35. The summed E-state index contributed by atoms with van der Waals surface area (Å²) in [5, 5.41) is 0. The number of benzene rings is 2. The van der Waals surface area contributed by atoms with E-state index in [1.54, 1.807) is 0 Å². The molecule has 0 amide bonds. The van der Waals surface area contributed by atoms with Gasteiger partial charge < -0.3 is 4.90 Å². The molecule has 1 fully saturated rings. The van der Waals surface area contributed by atoms with Gasteiger partial charge >= 0.3 is 0 Å². The summed E-state index contributed by atoms with van der Waals surface area (Å²) in [6, 6.07) is 17.4. The molecule has 4 nitrogen and oxygen atoms in total. The van der Waals surface area contributed by atoms with E-state index in [2.05, 4.69) is 22.0 Å². The van der Waals surface area contributed by atoms with Crippen LogP contribution in [0.3, 0.4) is 0 Å². The van der Waals surface area contributed by atoms with Crippen LogP contribution in [-0.4, -0.2) is 35.5 Å². The van der Waals surface area contributed by atoms with Gasteiger partial charge in [0.2, 0.25) is 5.95 Å². The first-order valence-electron chi connectivity index (χ1n) is 9.70. The van der Waals surface area contributed by atoms with Gasteiger partial charge in [-0.2, -0.15) is 0 Å². The van der Waals surface area contributed by atoms with Crippen LogP contribution < -0.4 is 4.90 Å². The molecular formula is C23H25FN4. The van der Waals surface area contributed by atoms with Gasteiger partial charge in [-0.3, -0.25) is 4.90 Å². The van der Waals surface area contributed by atoms with Crippen LogP contribution in [0.1, 0.15) is 30.1 Å². The molecule has 28 heavy (non-hydrogen) atoms. The van der Waals surface area contributed by atoms with E-state index in [1.807, 2.05) is 55.5 Å². The fourth-order valence-electron chi connectivity index (χ4n) is 3.84. The minimum atomic E-state index is -0.195. The quantitative estimate of drug-likeness (QED) is 0.647. The van der Waals surface area contributed by atoms with Crippen LogP contribution in [-0.2, 0) is 6.54 Å². The molecule has 0 saturated carbocycles. The van der Waals surface area contributed by atoms with Crippen LogP contribution in [0, 0.1) is 5.82 Å². The maximum absolute atomic E-state index is 13.3. The summed E-state index contributed by atoms with van der Waals surface area (Å²) in [6.07, 6.45) is 4.13. The molecule has 1 aliphatic rings. The second kappa shape index (κ2) is 8.07. The van der Waals surface area contributed by atoms with Crippen LogP contribution in [0.4, 0.5) is 10.3 Å². The standard InChI is InChI=1S/C23H25FN4/c1-27(2)23-25-15-20(18-7-4-3-5-8-18)22(26-23)21-9-6-14-28(21)16-17-10-12-19(24)13-11-17/h3-5,7-8,10-13,15,21H,6,9,14,16H2,1-2H3. The first-order valence-corrected chi connectivity index (χ1v) is 9.70. The molecule has 0 N–H and O–H groups in total. The van der Waals surface area contributed by atoms with Crippen molar-refractivity contribution in [2.75, 3.05) is 25.5 Å². The lowest BCUT2D eigenvalue weighted by Gasteiger charge is -2.26. The molecule has 0 aliphatic carbocycles. The van der Waals surface area contributed by atoms with Gasteiger partial charge in [0.25, 0.3) is 0 Å². The highest BCUT2D eigenvalue weighted by Gasteiger charge is 2.30. The molecule has 3 aromatic rings. The van der Waals surface area contributed by atoms with Crippen molar-refractivity contribution in [2.45, 2.75) is 25.4 Å². The monoisotopic (exact) mass is 376 g/mol. The Morgan fingerprint density at radius 2 is 1.82 bits per heavy atom. The van der Waals surface area contributed by atoms with E-state index in [0.29, 0.717) is 0 Å². The fraction of sp³-hybridized carbons (Fsp3) is 0.304. The minimum absolute atomic E-state index is 0.195. The van der Waals surface area contributed by atoms with Crippen LogP contribution in [0.5, 0.6) is 0 Å². The van der Waals surface area contributed by atoms with Gasteiger partial charge in [0.15, 0.2) is 0 Å². The molecule has 1 aromatic heterocycles. The minimum Gasteiger partial charge on any atom is -0.347 e. The van der Waals surface area contributed by atoms with E-state index in [1.165, 1.54) is 12.1 Å². The first kappa shape index (κ1) is 18.6. The average Bonchev–Trinajstić information content (AvgIpc) is 3.18. The Bertz CT molecular complexity index is 925. The van der Waals surface area contributed by atoms with E-state index < -0.39 is 0 Å². The molecule has 1 aliphatic heterocycles. The zero-order valence-electron chi connectivity index (χ0n) is 16.3. The normalized spacial score (nSPS) is 17.0. The fourth-order valence-corrected chi connectivity index (χ4v) is 3.84. The summed E-state index contributed by atoms with van der Waals surface area (Å²) in [6.45, 7) is 1.80. The molecule has 4 rings (SSSR count). The molecule has 2 aromatic carbocycles. The Morgan fingerprint density at radius 1 is 1.07 bits per heavy atom. The number of aromatic nitrogens is 2. The van der Waals surface area contributed by atoms with Crippen LogP contribution in [0.15, 0.2) is 60.8 Å². The third kappa shape index (κ3) is 3.90. The Labute approximate surface area is 165 Å². The van der Waals surface area contributed by atoms with E-state index in [9.17, 15) is 4.39 Å². The SMILES string of the molecule is CN(C)c1ncc(-c2ccccc2)c(C2CCCN2Cc2ccc(F)cc2)n1. The van der Waals surface area contributed by atoms with Gasteiger partial charge in [0, 0.05) is 32.4 Å². The van der Waals surface area contributed by atoms with Gasteiger partial charge in [0.1, 0.15) is 5.82 Å². The van der Waals surface area contributed by atoms with Crippen molar-refractivity contribution in [1.29, 1.82) is 0 Å². The number of likely N-dealkylation sites (tertiary alicyclic amines) is 1. The lowest BCUT2D eigenvalue weighted by molar-refractivity contribution is 0.245. The van der Waals surface area contributed by atoms with Crippen molar-refractivity contribution in [3.63, 3.8) is 0 Å². The van der Waals surface area contributed by atoms with E-state index >= 15 is 0 Å². The van der Waals surface area contributed by atoms with Crippen molar-refractivity contribution in [3.05, 3.63) is 77.9 Å². The average molecular weight is 376 g/mol. The molecule has 0 bridgehead atoms. The van der Waals surface area contributed by atoms with Gasteiger partial charge in [-0.15, -0.1) is 0 Å². The first-order chi connectivity index (χ1) is 13.6. The van der Waals surface area contributed by atoms with Crippen LogP contribution in [0.2, 0.25) is 0 Å². The number of hydrogen-bond acceptors (Lipinski definition) is 4. The zero-order valence-corrected chi connectivity index (χ0v) is 16.3. The third-order valence-corrected chi connectivity index (χ3v) is 5.27. The molecule has 0 radical (unpaired) electrons. The van der Waals surface area contributed by atoms with Gasteiger partial charge in [-0.05, 0) is 42.6 Å². The van der Waals surface area contributed by atoms with Crippen LogP contribution in [0.25, 0.3) is 11.1 Å². The molecule has 1 saturated heterocycles. The third-order valence-electron chi connectivity index (χ3n) is 5.27. The molecule has 144 valence electrons. The summed E-state index contributed by atoms with van der Waals surface area (Å²) in [5.74, 6) is 0.530. The van der Waals surface area contributed by atoms with E-state index in [4.69, 9.17) is 4.98 Å². The van der Waals surface area contributed by atoms with Crippen molar-refractivity contribution in [1.82, 2.24) is 14.9 Å². The van der Waals surface area contributed by atoms with Gasteiger partial charge in [0.05, 0.1) is 11.7 Å². The number of halogens is 1. The van der Waals surface area contributed by atoms with Crippen molar-refractivity contribution < 1.29 is 4.39 Å². The molecule has 1 unspecified atom stereocenters. The number of nitrogens with zero attached hydrogens (tertiary/aromatic N) is 4. The largest absolute Gasteiger partial charge is 0.347 e. The molecular weight excluding hydrogens is 351 g/mol. The predicted octanol–water partition coefficient (Wildman–Crippen LogP) is 4.69. The van der Waals surface area contributed by atoms with Crippen molar-refractivity contribution >= 4 is 5.95 Å². The Morgan fingerprint density at radius 3 is 2.54 bits per heavy atom. The smallest absolute Gasteiger partial charge is 0.225 e. The predicted molar refractivity (Wildman–Crippen MR) is 111 cm³/mol. The molecule has 1 atom stereocenters. The molecule has 0 spiro atoms. The second-order valence-electron chi connectivity index (χ2n) is 7.48. The Balaban J connectivity index is 1.71. The van der Waals surface area contributed by atoms with Crippen LogP contribution >= 0.6 is 0 Å². The summed E-state index contributed by atoms with van der Waals surface area (Å²) in [4.78, 5) is 13.9. The molecule has 2 heterocycles. The van der Waals surface area contributed by atoms with E-state index in [-0.39, 0.29) is 11.9 Å². The highest BCUT2D eigenvalue weighted by molar-refractivity contribution is 5.66. The van der Waals surface area contributed by atoms with E-state index in [0.717, 1.165) is 54.3 Å². The summed E-state index contributed by atoms with van der Waals surface area (Å²) in [7, 11) is 3.93. The lowest BCUT2D eigenvalue weighted by atomic mass is 9.99. The zero-order chi connectivity index (χ0) is 19.5. The van der Waals surface area contributed by atoms with Gasteiger partial charge in [-0.1, -0.05) is 42.5 Å².